The van der Waals surface area contributed by atoms with E-state index < -0.39 is 0 Å². The average Bonchev–Trinajstić information content (AvgIpc) is 3.51. The third-order valence-electron chi connectivity index (χ3n) is 6.93. The van der Waals surface area contributed by atoms with Gasteiger partial charge in [0.25, 0.3) is 5.01 Å². The molecule has 0 saturated carbocycles. The molecule has 0 unspecified atom stereocenters. The number of hydrogen-bond acceptors (Lipinski definition) is 3. The van der Waals surface area contributed by atoms with Gasteiger partial charge in [-0.05, 0) is 66.4 Å². The lowest BCUT2D eigenvalue weighted by Gasteiger charge is -2.07. The van der Waals surface area contributed by atoms with E-state index in [0.29, 0.717) is 6.04 Å². The van der Waals surface area contributed by atoms with E-state index in [9.17, 15) is 0 Å². The van der Waals surface area contributed by atoms with Gasteiger partial charge in [0.15, 0.2) is 6.04 Å². The third-order valence-corrected chi connectivity index (χ3v) is 9.15. The van der Waals surface area contributed by atoms with Gasteiger partial charge in [-0.2, -0.15) is 4.57 Å². The van der Waals surface area contributed by atoms with E-state index in [1.54, 1.807) is 11.3 Å². The summed E-state index contributed by atoms with van der Waals surface area (Å²) in [6, 6.07) is 29.4. The average molecular weight is 476 g/mol. The molecule has 0 spiro atoms. The molecule has 1 aliphatic rings. The molecule has 0 N–H and O–H groups in total. The van der Waals surface area contributed by atoms with Crippen molar-refractivity contribution in [3.05, 3.63) is 95.6 Å². The second kappa shape index (κ2) is 7.33. The molecular weight excluding hydrogens is 452 g/mol. The summed E-state index contributed by atoms with van der Waals surface area (Å²) in [7, 11) is 0. The molecule has 3 heterocycles. The first-order valence-corrected chi connectivity index (χ1v) is 13.3. The van der Waals surface area contributed by atoms with Gasteiger partial charge in [0.2, 0.25) is 5.52 Å². The van der Waals surface area contributed by atoms with Crippen molar-refractivity contribution in [3.8, 4) is 32.3 Å². The number of rotatable bonds is 2. The fraction of sp³-hybridized carbons (Fsp3) is 0.133. The topological polar surface area (TPSA) is 16.8 Å². The predicted octanol–water partition coefficient (Wildman–Crippen LogP) is 8.34. The first-order chi connectivity index (χ1) is 16.5. The Bertz CT molecular complexity index is 1740. The molecule has 0 bridgehead atoms. The van der Waals surface area contributed by atoms with E-state index in [1.165, 1.54) is 58.9 Å². The third kappa shape index (κ3) is 2.99. The number of aromatic nitrogens is 2. The van der Waals surface area contributed by atoms with Crippen LogP contribution >= 0.6 is 22.7 Å². The quantitative estimate of drug-likeness (QED) is 0.230. The highest BCUT2D eigenvalue weighted by molar-refractivity contribution is 7.21. The molecule has 2 aromatic heterocycles. The van der Waals surface area contributed by atoms with Gasteiger partial charge in [0.1, 0.15) is 9.71 Å². The first-order valence-electron chi connectivity index (χ1n) is 11.6. The van der Waals surface area contributed by atoms with E-state index in [-0.39, 0.29) is 0 Å². The van der Waals surface area contributed by atoms with Crippen LogP contribution in [-0.4, -0.2) is 4.98 Å². The smallest absolute Gasteiger partial charge is 0.236 e. The van der Waals surface area contributed by atoms with Crippen LogP contribution in [0.2, 0.25) is 0 Å². The normalized spacial score (nSPS) is 14.6. The second-order valence-corrected chi connectivity index (χ2v) is 11.4. The number of thiazole rings is 2. The zero-order valence-corrected chi connectivity index (χ0v) is 20.9. The molecule has 0 fully saturated rings. The van der Waals surface area contributed by atoms with E-state index in [1.807, 2.05) is 11.3 Å². The Morgan fingerprint density at radius 2 is 1.41 bits per heavy atom. The number of aryl methyl sites for hydroxylation is 2. The molecule has 1 atom stereocenters. The largest absolute Gasteiger partial charge is 0.271 e. The van der Waals surface area contributed by atoms with E-state index in [2.05, 4.69) is 104 Å². The molecule has 7 rings (SSSR count). The van der Waals surface area contributed by atoms with Gasteiger partial charge < -0.3 is 0 Å². The summed E-state index contributed by atoms with van der Waals surface area (Å²) in [6.07, 6.45) is 0. The maximum atomic E-state index is 4.85. The first kappa shape index (κ1) is 20.1. The molecule has 0 amide bonds. The van der Waals surface area contributed by atoms with Crippen molar-refractivity contribution in [3.63, 3.8) is 0 Å². The summed E-state index contributed by atoms with van der Waals surface area (Å²) in [5.74, 6) is 0. The van der Waals surface area contributed by atoms with E-state index >= 15 is 0 Å². The molecule has 34 heavy (non-hydrogen) atoms. The van der Waals surface area contributed by atoms with Crippen LogP contribution in [0.3, 0.4) is 0 Å². The minimum absolute atomic E-state index is 0.340. The fourth-order valence-electron chi connectivity index (χ4n) is 5.12. The van der Waals surface area contributed by atoms with Crippen molar-refractivity contribution in [1.29, 1.82) is 0 Å². The van der Waals surface area contributed by atoms with Gasteiger partial charge in [-0.15, -0.1) is 11.3 Å². The molecule has 6 aromatic rings. The van der Waals surface area contributed by atoms with Crippen molar-refractivity contribution in [2.75, 3.05) is 0 Å². The Balaban J connectivity index is 1.25. The van der Waals surface area contributed by atoms with Crippen LogP contribution in [-0.2, 0) is 0 Å². The van der Waals surface area contributed by atoms with Crippen molar-refractivity contribution < 1.29 is 4.57 Å². The summed E-state index contributed by atoms with van der Waals surface area (Å²) in [4.78, 5) is 4.85. The number of hydrogen-bond donors (Lipinski definition) is 0. The van der Waals surface area contributed by atoms with Gasteiger partial charge in [0.05, 0.1) is 15.8 Å². The van der Waals surface area contributed by atoms with Gasteiger partial charge in [-0.25, -0.2) is 4.98 Å². The van der Waals surface area contributed by atoms with Crippen molar-refractivity contribution in [2.24, 2.45) is 0 Å². The highest BCUT2D eigenvalue weighted by atomic mass is 32.1. The van der Waals surface area contributed by atoms with E-state index in [4.69, 9.17) is 4.98 Å². The molecule has 0 aliphatic carbocycles. The molecule has 4 heteroatoms. The minimum Gasteiger partial charge on any atom is -0.236 e. The SMILES string of the molecule is Cc1ccc2nc(-c3ccc(-c4ccc5c(c4)[C@@H](C)[n+]4c-5sc5cc(C)ccc54)cc3)sc2c1. The number of fused-ring (bicyclic) bond motifs is 6. The summed E-state index contributed by atoms with van der Waals surface area (Å²) in [5.41, 5.74) is 11.5. The molecule has 1 aliphatic heterocycles. The zero-order valence-electron chi connectivity index (χ0n) is 19.3. The number of benzene rings is 4. The summed E-state index contributed by atoms with van der Waals surface area (Å²) in [6.45, 7) is 6.62. The molecule has 0 radical (unpaired) electrons. The summed E-state index contributed by atoms with van der Waals surface area (Å²) in [5, 5.41) is 2.45. The van der Waals surface area contributed by atoms with Crippen LogP contribution in [0, 0.1) is 13.8 Å². The molecule has 2 nitrogen and oxygen atoms in total. The minimum atomic E-state index is 0.340. The van der Waals surface area contributed by atoms with Gasteiger partial charge in [-0.1, -0.05) is 53.8 Å². The lowest BCUT2D eigenvalue weighted by Crippen LogP contribution is -2.34. The van der Waals surface area contributed by atoms with Gasteiger partial charge in [-0.3, -0.25) is 0 Å². The zero-order chi connectivity index (χ0) is 23.0. The van der Waals surface area contributed by atoms with Crippen LogP contribution in [0.25, 0.3) is 52.7 Å². The monoisotopic (exact) mass is 475 g/mol. The Labute approximate surface area is 206 Å². The Morgan fingerprint density at radius 3 is 2.24 bits per heavy atom. The van der Waals surface area contributed by atoms with Crippen LogP contribution < -0.4 is 4.57 Å². The van der Waals surface area contributed by atoms with Gasteiger partial charge >= 0.3 is 0 Å². The van der Waals surface area contributed by atoms with Crippen LogP contribution in [0.5, 0.6) is 0 Å². The van der Waals surface area contributed by atoms with Gasteiger partial charge in [0, 0.05) is 24.1 Å². The summed E-state index contributed by atoms with van der Waals surface area (Å²) >= 11 is 3.67. The van der Waals surface area contributed by atoms with Crippen molar-refractivity contribution in [2.45, 2.75) is 26.8 Å². The van der Waals surface area contributed by atoms with Crippen LogP contribution in [0.1, 0.15) is 29.7 Å². The second-order valence-electron chi connectivity index (χ2n) is 9.29. The maximum Gasteiger partial charge on any atom is 0.271 e. The summed E-state index contributed by atoms with van der Waals surface area (Å²) < 4.78 is 5.13. The van der Waals surface area contributed by atoms with Crippen molar-refractivity contribution in [1.82, 2.24) is 4.98 Å². The standard InChI is InChI=1S/C30H23N2S2/c1-17-4-12-25-27(14-17)33-29(31-25)21-8-6-20(7-9-21)22-10-11-23-24(16-22)19(3)32-26-13-5-18(2)15-28(26)34-30(23)32/h4-16,19H,1-3H3/q+1/t19-/m1/s1. The maximum absolute atomic E-state index is 4.85. The molecule has 0 saturated heterocycles. The Morgan fingerprint density at radius 1 is 0.706 bits per heavy atom. The van der Waals surface area contributed by atoms with E-state index in [0.717, 1.165) is 10.5 Å². The molecule has 4 aromatic carbocycles. The fourth-order valence-corrected chi connectivity index (χ4v) is 7.56. The van der Waals surface area contributed by atoms with Crippen LogP contribution in [0.15, 0.2) is 78.9 Å². The van der Waals surface area contributed by atoms with Crippen molar-refractivity contribution >= 4 is 43.1 Å². The highest BCUT2D eigenvalue weighted by Gasteiger charge is 2.37. The Hall–Kier alpha value is -3.34. The lowest BCUT2D eigenvalue weighted by molar-refractivity contribution is -0.665. The van der Waals surface area contributed by atoms with Crippen LogP contribution in [0.4, 0.5) is 0 Å². The Kier molecular flexibility index (Phi) is 4.33. The lowest BCUT2D eigenvalue weighted by atomic mass is 9.97. The number of nitrogens with zero attached hydrogens (tertiary/aromatic N) is 2. The molecular formula is C30H23N2S2+. The predicted molar refractivity (Wildman–Crippen MR) is 145 cm³/mol. The highest BCUT2D eigenvalue weighted by Crippen LogP contribution is 2.42. The molecule has 164 valence electrons.